The lowest BCUT2D eigenvalue weighted by Crippen LogP contribution is -2.31. The van der Waals surface area contributed by atoms with Gasteiger partial charge in [-0.2, -0.15) is 0 Å². The van der Waals surface area contributed by atoms with E-state index >= 15 is 0 Å². The Labute approximate surface area is 189 Å². The lowest BCUT2D eigenvalue weighted by atomic mass is 10.1. The molecule has 2 heterocycles. The normalized spacial score (nSPS) is 11.0. The molecule has 0 spiro atoms. The minimum atomic E-state index is -0.808. The predicted molar refractivity (Wildman–Crippen MR) is 121 cm³/mol. The molecular formula is C24H23N3O6. The highest BCUT2D eigenvalue weighted by molar-refractivity contribution is 6.03. The standard InChI is InChI=1S/C24H23N3O6/c1-14-20(21-22(33-14)25-13-27(3)23(21)29)24(30)32-12-19(28)26(2)11-15-5-6-17-10-18(31-4)8-7-16(17)9-15/h5-10,13H,11-12H2,1-4H3. The number of furan rings is 1. The number of amides is 1. The van der Waals surface area contributed by atoms with Crippen molar-refractivity contribution in [2.75, 3.05) is 20.8 Å². The van der Waals surface area contributed by atoms with Crippen molar-refractivity contribution in [2.45, 2.75) is 13.5 Å². The molecule has 2 aromatic carbocycles. The van der Waals surface area contributed by atoms with Crippen LogP contribution in [0.2, 0.25) is 0 Å². The van der Waals surface area contributed by atoms with Crippen molar-refractivity contribution in [3.63, 3.8) is 0 Å². The van der Waals surface area contributed by atoms with Crippen molar-refractivity contribution in [3.8, 4) is 5.75 Å². The first-order valence-corrected chi connectivity index (χ1v) is 10.2. The van der Waals surface area contributed by atoms with E-state index in [0.29, 0.717) is 6.54 Å². The predicted octanol–water partition coefficient (Wildman–Crippen LogP) is 2.81. The van der Waals surface area contributed by atoms with Gasteiger partial charge in [0.25, 0.3) is 11.5 Å². The molecule has 0 saturated heterocycles. The van der Waals surface area contributed by atoms with Gasteiger partial charge in [0.05, 0.1) is 7.11 Å². The summed E-state index contributed by atoms with van der Waals surface area (Å²) in [4.78, 5) is 43.1. The number of carbonyl (C=O) groups is 2. The number of rotatable bonds is 6. The topological polar surface area (TPSA) is 104 Å². The van der Waals surface area contributed by atoms with Gasteiger partial charge in [0.2, 0.25) is 5.71 Å². The number of likely N-dealkylation sites (N-methyl/N-ethyl adjacent to an activating group) is 1. The fourth-order valence-electron chi connectivity index (χ4n) is 3.60. The van der Waals surface area contributed by atoms with E-state index in [1.165, 1.54) is 22.8 Å². The third kappa shape index (κ3) is 4.30. The number of hydrogen-bond donors (Lipinski definition) is 0. The first-order chi connectivity index (χ1) is 15.8. The molecule has 9 heteroatoms. The van der Waals surface area contributed by atoms with Gasteiger partial charge >= 0.3 is 5.97 Å². The second-order valence-corrected chi connectivity index (χ2v) is 7.75. The van der Waals surface area contributed by atoms with Crippen LogP contribution in [-0.2, 0) is 23.1 Å². The number of ether oxygens (including phenoxy) is 2. The Morgan fingerprint density at radius 1 is 1.15 bits per heavy atom. The van der Waals surface area contributed by atoms with E-state index in [1.54, 1.807) is 21.1 Å². The molecule has 2 aromatic heterocycles. The molecule has 0 N–H and O–H groups in total. The van der Waals surface area contributed by atoms with Gasteiger partial charge in [-0.05, 0) is 41.5 Å². The highest BCUT2D eigenvalue weighted by atomic mass is 16.5. The first-order valence-electron chi connectivity index (χ1n) is 10.2. The van der Waals surface area contributed by atoms with E-state index in [9.17, 15) is 14.4 Å². The fourth-order valence-corrected chi connectivity index (χ4v) is 3.60. The molecule has 0 aliphatic carbocycles. The molecule has 9 nitrogen and oxygen atoms in total. The Kier molecular flexibility index (Phi) is 5.87. The number of benzene rings is 2. The molecule has 0 radical (unpaired) electrons. The van der Waals surface area contributed by atoms with E-state index in [1.807, 2.05) is 36.4 Å². The van der Waals surface area contributed by atoms with Crippen LogP contribution in [0.3, 0.4) is 0 Å². The van der Waals surface area contributed by atoms with Crippen LogP contribution in [0, 0.1) is 6.92 Å². The van der Waals surface area contributed by atoms with E-state index < -0.39 is 18.1 Å². The average Bonchev–Trinajstić information content (AvgIpc) is 3.15. The second kappa shape index (κ2) is 8.78. The number of esters is 1. The summed E-state index contributed by atoms with van der Waals surface area (Å²) >= 11 is 0. The van der Waals surface area contributed by atoms with Gasteiger partial charge in [0.1, 0.15) is 28.8 Å². The summed E-state index contributed by atoms with van der Waals surface area (Å²) in [6.07, 6.45) is 1.31. The quantitative estimate of drug-likeness (QED) is 0.417. The molecule has 0 fully saturated rings. The zero-order valence-electron chi connectivity index (χ0n) is 18.7. The average molecular weight is 449 g/mol. The highest BCUT2D eigenvalue weighted by Gasteiger charge is 2.24. The third-order valence-electron chi connectivity index (χ3n) is 5.44. The molecule has 0 aliphatic rings. The van der Waals surface area contributed by atoms with Crippen LogP contribution in [-0.4, -0.2) is 47.1 Å². The summed E-state index contributed by atoms with van der Waals surface area (Å²) in [5, 5.41) is 2.10. The summed E-state index contributed by atoms with van der Waals surface area (Å²) in [6, 6.07) is 11.7. The lowest BCUT2D eigenvalue weighted by molar-refractivity contribution is -0.133. The first kappa shape index (κ1) is 22.1. The van der Waals surface area contributed by atoms with Gasteiger partial charge in [-0.25, -0.2) is 9.78 Å². The van der Waals surface area contributed by atoms with Gasteiger partial charge < -0.3 is 23.4 Å². The van der Waals surface area contributed by atoms with Crippen LogP contribution in [0.25, 0.3) is 21.9 Å². The maximum Gasteiger partial charge on any atom is 0.343 e. The largest absolute Gasteiger partial charge is 0.497 e. The molecule has 33 heavy (non-hydrogen) atoms. The number of fused-ring (bicyclic) bond motifs is 2. The third-order valence-corrected chi connectivity index (χ3v) is 5.44. The van der Waals surface area contributed by atoms with Crippen molar-refractivity contribution >= 4 is 33.7 Å². The van der Waals surface area contributed by atoms with Crippen molar-refractivity contribution < 1.29 is 23.5 Å². The van der Waals surface area contributed by atoms with Gasteiger partial charge in [0, 0.05) is 20.6 Å². The molecular weight excluding hydrogens is 426 g/mol. The van der Waals surface area contributed by atoms with Crippen LogP contribution in [0.1, 0.15) is 21.7 Å². The van der Waals surface area contributed by atoms with Crippen LogP contribution in [0.4, 0.5) is 0 Å². The highest BCUT2D eigenvalue weighted by Crippen LogP contribution is 2.23. The van der Waals surface area contributed by atoms with Crippen molar-refractivity contribution in [2.24, 2.45) is 7.05 Å². The molecule has 1 amide bonds. The van der Waals surface area contributed by atoms with Crippen molar-refractivity contribution in [1.82, 2.24) is 14.5 Å². The maximum absolute atomic E-state index is 12.6. The van der Waals surface area contributed by atoms with Gasteiger partial charge in [0.15, 0.2) is 6.61 Å². The Bertz CT molecular complexity index is 1440. The van der Waals surface area contributed by atoms with Gasteiger partial charge in [-0.3, -0.25) is 9.59 Å². The molecule has 0 unspecified atom stereocenters. The maximum atomic E-state index is 12.6. The zero-order chi connectivity index (χ0) is 23.7. The zero-order valence-corrected chi connectivity index (χ0v) is 18.7. The lowest BCUT2D eigenvalue weighted by Gasteiger charge is -2.17. The number of aryl methyl sites for hydroxylation is 2. The SMILES string of the molecule is COc1ccc2cc(CN(C)C(=O)COC(=O)c3c(C)oc4ncn(C)c(=O)c34)ccc2c1. The molecule has 0 atom stereocenters. The molecule has 0 saturated carbocycles. The summed E-state index contributed by atoms with van der Waals surface area (Å²) < 4.78 is 17.1. The molecule has 0 aliphatic heterocycles. The molecule has 4 rings (SSSR count). The number of carbonyl (C=O) groups excluding carboxylic acids is 2. The number of hydrogen-bond acceptors (Lipinski definition) is 7. The number of aromatic nitrogens is 2. The van der Waals surface area contributed by atoms with Crippen LogP contribution >= 0.6 is 0 Å². The number of nitrogens with zero attached hydrogens (tertiary/aromatic N) is 3. The van der Waals surface area contributed by atoms with Crippen molar-refractivity contribution in [1.29, 1.82) is 0 Å². The fraction of sp³-hybridized carbons (Fsp3) is 0.250. The Hall–Kier alpha value is -4.14. The summed E-state index contributed by atoms with van der Waals surface area (Å²) in [5.41, 5.74) is 0.543. The van der Waals surface area contributed by atoms with E-state index in [4.69, 9.17) is 13.9 Å². The minimum Gasteiger partial charge on any atom is -0.497 e. The Morgan fingerprint density at radius 2 is 1.88 bits per heavy atom. The van der Waals surface area contributed by atoms with Gasteiger partial charge in [-0.15, -0.1) is 0 Å². The summed E-state index contributed by atoms with van der Waals surface area (Å²) in [6.45, 7) is 1.42. The smallest absolute Gasteiger partial charge is 0.343 e. The monoisotopic (exact) mass is 449 g/mol. The van der Waals surface area contributed by atoms with Crippen molar-refractivity contribution in [3.05, 3.63) is 70.0 Å². The summed E-state index contributed by atoms with van der Waals surface area (Å²) in [7, 11) is 4.77. The Morgan fingerprint density at radius 3 is 2.64 bits per heavy atom. The second-order valence-electron chi connectivity index (χ2n) is 7.75. The van der Waals surface area contributed by atoms with E-state index in [-0.39, 0.29) is 28.3 Å². The van der Waals surface area contributed by atoms with Crippen LogP contribution in [0.5, 0.6) is 5.75 Å². The molecule has 0 bridgehead atoms. The minimum absolute atomic E-state index is 0.0147. The van der Waals surface area contributed by atoms with Gasteiger partial charge in [-0.1, -0.05) is 18.2 Å². The van der Waals surface area contributed by atoms with Crippen LogP contribution < -0.4 is 10.3 Å². The molecule has 170 valence electrons. The molecule has 4 aromatic rings. The van der Waals surface area contributed by atoms with E-state index in [2.05, 4.69) is 4.98 Å². The van der Waals surface area contributed by atoms with E-state index in [0.717, 1.165) is 22.1 Å². The Balaban J connectivity index is 1.44. The number of methoxy groups -OCH3 is 1. The van der Waals surface area contributed by atoms with Crippen LogP contribution in [0.15, 0.2) is 51.9 Å². The summed E-state index contributed by atoms with van der Waals surface area (Å²) in [5.74, 6) is -0.203.